The third-order valence-corrected chi connectivity index (χ3v) is 5.64. The number of carbonyl (C=O) groups excluding carboxylic acids is 1. The monoisotopic (exact) mass is 428 g/mol. The van der Waals surface area contributed by atoms with E-state index in [-0.39, 0.29) is 11.7 Å². The molecule has 4 rings (SSSR count). The Kier molecular flexibility index (Phi) is 7.27. The van der Waals surface area contributed by atoms with Crippen LogP contribution in [0.3, 0.4) is 0 Å². The smallest absolute Gasteiger partial charge is 0.271 e. The third-order valence-electron chi connectivity index (χ3n) is 5.64. The molecule has 0 unspecified atom stereocenters. The highest BCUT2D eigenvalue weighted by molar-refractivity contribution is 5.95. The van der Waals surface area contributed by atoms with Gasteiger partial charge in [-0.05, 0) is 35.4 Å². The van der Waals surface area contributed by atoms with Crippen molar-refractivity contribution in [3.63, 3.8) is 0 Å². The summed E-state index contributed by atoms with van der Waals surface area (Å²) in [5, 5.41) is 13.7. The summed E-state index contributed by atoms with van der Waals surface area (Å²) < 4.78 is 0. The largest absolute Gasteiger partial charge is 0.507 e. The Hall–Kier alpha value is -3.48. The first kappa shape index (κ1) is 21.7. The molecule has 3 aromatic carbocycles. The molecule has 1 fully saturated rings. The molecule has 1 amide bonds. The van der Waals surface area contributed by atoms with Crippen LogP contribution in [-0.2, 0) is 13.1 Å². The molecule has 6 nitrogen and oxygen atoms in total. The molecule has 0 bridgehead atoms. The van der Waals surface area contributed by atoms with Gasteiger partial charge >= 0.3 is 0 Å². The number of phenols is 1. The van der Waals surface area contributed by atoms with Crippen molar-refractivity contribution in [3.8, 4) is 5.75 Å². The van der Waals surface area contributed by atoms with Crippen LogP contribution >= 0.6 is 0 Å². The van der Waals surface area contributed by atoms with E-state index >= 15 is 0 Å². The molecule has 164 valence electrons. The highest BCUT2D eigenvalue weighted by Crippen LogP contribution is 2.14. The third kappa shape index (κ3) is 6.03. The average molecular weight is 429 g/mol. The number of rotatable bonds is 7. The van der Waals surface area contributed by atoms with Crippen LogP contribution in [0.15, 0.2) is 84.0 Å². The molecule has 1 aliphatic heterocycles. The zero-order chi connectivity index (χ0) is 22.2. The van der Waals surface area contributed by atoms with Gasteiger partial charge in [0.15, 0.2) is 0 Å². The minimum atomic E-state index is -0.280. The van der Waals surface area contributed by atoms with E-state index in [1.54, 1.807) is 24.3 Å². The van der Waals surface area contributed by atoms with E-state index in [0.717, 1.165) is 39.3 Å². The number of phenolic OH excluding ortho intramolecular Hbond substituents is 1. The maximum atomic E-state index is 12.3. The molecule has 0 aromatic heterocycles. The summed E-state index contributed by atoms with van der Waals surface area (Å²) in [6, 6.07) is 25.1. The second-order valence-electron chi connectivity index (χ2n) is 7.99. The fraction of sp³-hybridized carbons (Fsp3) is 0.231. The van der Waals surface area contributed by atoms with Crippen LogP contribution in [0.25, 0.3) is 0 Å². The van der Waals surface area contributed by atoms with Gasteiger partial charge < -0.3 is 5.11 Å². The lowest BCUT2D eigenvalue weighted by Crippen LogP contribution is -2.45. The van der Waals surface area contributed by atoms with Gasteiger partial charge in [-0.2, -0.15) is 5.10 Å². The van der Waals surface area contributed by atoms with Gasteiger partial charge in [0.05, 0.1) is 6.21 Å². The summed E-state index contributed by atoms with van der Waals surface area (Å²) in [7, 11) is 0. The van der Waals surface area contributed by atoms with Crippen LogP contribution in [0.4, 0.5) is 0 Å². The van der Waals surface area contributed by atoms with E-state index in [9.17, 15) is 9.90 Å². The van der Waals surface area contributed by atoms with Crippen molar-refractivity contribution in [2.75, 3.05) is 26.2 Å². The first-order valence-corrected chi connectivity index (χ1v) is 10.9. The molecule has 32 heavy (non-hydrogen) atoms. The predicted octanol–water partition coefficient (Wildman–Crippen LogP) is 3.47. The number of nitrogens with zero attached hydrogens (tertiary/aromatic N) is 3. The van der Waals surface area contributed by atoms with Crippen LogP contribution < -0.4 is 5.43 Å². The Morgan fingerprint density at radius 3 is 2.00 bits per heavy atom. The number of nitrogens with one attached hydrogen (secondary N) is 1. The molecule has 1 saturated heterocycles. The maximum absolute atomic E-state index is 12.3. The molecule has 1 heterocycles. The lowest BCUT2D eigenvalue weighted by Gasteiger charge is -2.34. The number of hydrazone groups is 1. The zero-order valence-corrected chi connectivity index (χ0v) is 18.0. The second kappa shape index (κ2) is 10.7. The molecule has 0 aliphatic carbocycles. The minimum absolute atomic E-state index is 0.121. The number of benzene rings is 3. The molecule has 1 aliphatic rings. The van der Waals surface area contributed by atoms with Crippen molar-refractivity contribution >= 4 is 12.1 Å². The quantitative estimate of drug-likeness (QED) is 0.447. The highest BCUT2D eigenvalue weighted by atomic mass is 16.3. The predicted molar refractivity (Wildman–Crippen MR) is 127 cm³/mol. The summed E-state index contributed by atoms with van der Waals surface area (Å²) in [5.74, 6) is -0.159. The summed E-state index contributed by atoms with van der Waals surface area (Å²) >= 11 is 0. The number of amides is 1. The Labute approximate surface area is 188 Å². The fourth-order valence-electron chi connectivity index (χ4n) is 3.79. The van der Waals surface area contributed by atoms with Crippen molar-refractivity contribution in [3.05, 3.63) is 101 Å². The van der Waals surface area contributed by atoms with Crippen LogP contribution in [0, 0.1) is 0 Å². The number of hydrogen-bond acceptors (Lipinski definition) is 5. The van der Waals surface area contributed by atoms with Crippen molar-refractivity contribution in [2.45, 2.75) is 13.1 Å². The van der Waals surface area contributed by atoms with Gasteiger partial charge in [-0.25, -0.2) is 5.43 Å². The van der Waals surface area contributed by atoms with Gasteiger partial charge in [-0.15, -0.1) is 0 Å². The Balaban J connectivity index is 1.23. The second-order valence-corrected chi connectivity index (χ2v) is 7.99. The molecule has 6 heteroatoms. The maximum Gasteiger partial charge on any atom is 0.271 e. The molecule has 2 N–H and O–H groups in total. The molecular weight excluding hydrogens is 400 g/mol. The summed E-state index contributed by atoms with van der Waals surface area (Å²) in [4.78, 5) is 17.3. The lowest BCUT2D eigenvalue weighted by molar-refractivity contribution is 0.0955. The Bertz CT molecular complexity index is 1040. The average Bonchev–Trinajstić information content (AvgIpc) is 2.83. The minimum Gasteiger partial charge on any atom is -0.507 e. The standard InChI is InChI=1S/C26H28N4O2/c31-25-9-5-4-8-24(25)18-27-28-26(32)23-12-10-22(11-13-23)20-30-16-14-29(15-17-30)19-21-6-2-1-3-7-21/h1-13,18,31H,14-17,19-20H2,(H,28,32)/b27-18-. The van der Waals surface area contributed by atoms with Crippen LogP contribution in [0.2, 0.25) is 0 Å². The fourth-order valence-corrected chi connectivity index (χ4v) is 3.79. The number of carbonyl (C=O) groups is 1. The van der Waals surface area contributed by atoms with Gasteiger partial charge in [0.1, 0.15) is 5.75 Å². The normalized spacial score (nSPS) is 15.1. The van der Waals surface area contributed by atoms with Crippen LogP contribution in [0.5, 0.6) is 5.75 Å². The van der Waals surface area contributed by atoms with E-state index in [1.807, 2.05) is 24.3 Å². The van der Waals surface area contributed by atoms with Crippen LogP contribution in [0.1, 0.15) is 27.0 Å². The topological polar surface area (TPSA) is 68.2 Å². The first-order valence-electron chi connectivity index (χ1n) is 10.9. The van der Waals surface area contributed by atoms with E-state index < -0.39 is 0 Å². The van der Waals surface area contributed by atoms with E-state index in [2.05, 4.69) is 50.7 Å². The molecule has 0 radical (unpaired) electrons. The van der Waals surface area contributed by atoms with E-state index in [0.29, 0.717) is 11.1 Å². The molecular formula is C26H28N4O2. The number of hydrogen-bond donors (Lipinski definition) is 2. The molecule has 0 spiro atoms. The van der Waals surface area contributed by atoms with Crippen molar-refractivity contribution in [2.24, 2.45) is 5.10 Å². The summed E-state index contributed by atoms with van der Waals surface area (Å²) in [6.07, 6.45) is 1.43. The Morgan fingerprint density at radius 1 is 0.812 bits per heavy atom. The van der Waals surface area contributed by atoms with Gasteiger partial charge in [0, 0.05) is 50.4 Å². The van der Waals surface area contributed by atoms with Gasteiger partial charge in [-0.3, -0.25) is 14.6 Å². The van der Waals surface area contributed by atoms with Crippen molar-refractivity contribution in [1.82, 2.24) is 15.2 Å². The lowest BCUT2D eigenvalue weighted by atomic mass is 10.1. The van der Waals surface area contributed by atoms with Crippen LogP contribution in [-0.4, -0.2) is 53.2 Å². The SMILES string of the molecule is O=C(N/N=C\c1ccccc1O)c1ccc(CN2CCN(Cc3ccccc3)CC2)cc1. The van der Waals surface area contributed by atoms with Gasteiger partial charge in [0.2, 0.25) is 0 Å². The molecule has 0 saturated carbocycles. The van der Waals surface area contributed by atoms with E-state index in [4.69, 9.17) is 0 Å². The first-order chi connectivity index (χ1) is 15.7. The van der Waals surface area contributed by atoms with Gasteiger partial charge in [-0.1, -0.05) is 54.6 Å². The number of para-hydroxylation sites is 1. The molecule has 3 aromatic rings. The number of piperazine rings is 1. The highest BCUT2D eigenvalue weighted by Gasteiger charge is 2.17. The summed E-state index contributed by atoms with van der Waals surface area (Å²) in [6.45, 7) is 6.08. The van der Waals surface area contributed by atoms with Crippen molar-refractivity contribution < 1.29 is 9.90 Å². The van der Waals surface area contributed by atoms with Gasteiger partial charge in [0.25, 0.3) is 5.91 Å². The van der Waals surface area contributed by atoms with E-state index in [1.165, 1.54) is 17.3 Å². The molecule has 0 atom stereocenters. The number of aromatic hydroxyl groups is 1. The zero-order valence-electron chi connectivity index (χ0n) is 18.0. The summed E-state index contributed by atoms with van der Waals surface area (Å²) in [5.41, 5.74) is 6.15. The van der Waals surface area contributed by atoms with Crippen molar-refractivity contribution in [1.29, 1.82) is 0 Å². The Morgan fingerprint density at radius 2 is 1.38 bits per heavy atom.